The predicted octanol–water partition coefficient (Wildman–Crippen LogP) is 0.975. The van der Waals surface area contributed by atoms with Gasteiger partial charge in [0.15, 0.2) is 0 Å². The van der Waals surface area contributed by atoms with Gasteiger partial charge in [-0.25, -0.2) is 4.39 Å². The average molecular weight is 266 g/mol. The van der Waals surface area contributed by atoms with Crippen molar-refractivity contribution in [1.82, 2.24) is 10.6 Å². The van der Waals surface area contributed by atoms with Crippen LogP contribution in [0.1, 0.15) is 24.5 Å². The average Bonchev–Trinajstić information content (AvgIpc) is 3.22. The van der Waals surface area contributed by atoms with E-state index in [2.05, 4.69) is 10.6 Å². The largest absolute Gasteiger partial charge is 0.387 e. The van der Waals surface area contributed by atoms with E-state index in [1.54, 1.807) is 18.2 Å². The molecule has 1 aromatic carbocycles. The van der Waals surface area contributed by atoms with Gasteiger partial charge in [0.2, 0.25) is 5.91 Å². The Hall–Kier alpha value is -1.46. The first-order valence-electron chi connectivity index (χ1n) is 6.59. The Morgan fingerprint density at radius 3 is 2.79 bits per heavy atom. The highest BCUT2D eigenvalue weighted by atomic mass is 19.1. The highest BCUT2D eigenvalue weighted by Crippen LogP contribution is 2.28. The summed E-state index contributed by atoms with van der Waals surface area (Å²) in [6.45, 7) is 1.35. The first-order valence-corrected chi connectivity index (χ1v) is 6.59. The minimum atomic E-state index is -0.875. The zero-order valence-corrected chi connectivity index (χ0v) is 10.7. The Kier molecular flexibility index (Phi) is 4.87. The molecule has 1 aliphatic rings. The molecule has 4 nitrogen and oxygen atoms in total. The molecular formula is C14H19FN2O2. The van der Waals surface area contributed by atoms with Gasteiger partial charge in [0.1, 0.15) is 5.82 Å². The zero-order valence-electron chi connectivity index (χ0n) is 10.7. The van der Waals surface area contributed by atoms with Crippen LogP contribution in [0.25, 0.3) is 0 Å². The van der Waals surface area contributed by atoms with Gasteiger partial charge in [-0.15, -0.1) is 0 Å². The summed E-state index contributed by atoms with van der Waals surface area (Å²) in [4.78, 5) is 11.3. The molecule has 104 valence electrons. The second-order valence-electron chi connectivity index (χ2n) is 4.81. The third-order valence-electron chi connectivity index (χ3n) is 3.15. The van der Waals surface area contributed by atoms with Crippen molar-refractivity contribution in [3.63, 3.8) is 0 Å². The van der Waals surface area contributed by atoms with Crippen molar-refractivity contribution in [3.05, 3.63) is 35.6 Å². The van der Waals surface area contributed by atoms with Gasteiger partial charge in [0.05, 0.1) is 6.10 Å². The van der Waals surface area contributed by atoms with Gasteiger partial charge in [0.25, 0.3) is 0 Å². The fourth-order valence-corrected chi connectivity index (χ4v) is 1.86. The number of carbonyl (C=O) groups excluding carboxylic acids is 1. The van der Waals surface area contributed by atoms with Gasteiger partial charge >= 0.3 is 0 Å². The van der Waals surface area contributed by atoms with Crippen molar-refractivity contribution < 1.29 is 14.3 Å². The van der Waals surface area contributed by atoms with Crippen LogP contribution in [0.15, 0.2) is 24.3 Å². The van der Waals surface area contributed by atoms with Crippen LogP contribution >= 0.6 is 0 Å². The lowest BCUT2D eigenvalue weighted by molar-refractivity contribution is -0.122. The maximum Gasteiger partial charge on any atom is 0.223 e. The third kappa shape index (κ3) is 4.29. The number of carbonyl (C=O) groups is 1. The highest BCUT2D eigenvalue weighted by Gasteiger charge is 2.28. The number of aliphatic hydroxyl groups is 1. The van der Waals surface area contributed by atoms with E-state index in [0.717, 1.165) is 12.8 Å². The third-order valence-corrected chi connectivity index (χ3v) is 3.15. The lowest BCUT2D eigenvalue weighted by Gasteiger charge is -2.13. The van der Waals surface area contributed by atoms with Crippen LogP contribution < -0.4 is 10.6 Å². The van der Waals surface area contributed by atoms with Crippen molar-refractivity contribution in [1.29, 1.82) is 0 Å². The van der Waals surface area contributed by atoms with Gasteiger partial charge in [-0.3, -0.25) is 4.79 Å². The number of hydrogen-bond acceptors (Lipinski definition) is 3. The van der Waals surface area contributed by atoms with Crippen LogP contribution in [0.4, 0.5) is 4.39 Å². The molecular weight excluding hydrogens is 247 g/mol. The maximum absolute atomic E-state index is 13.4. The lowest BCUT2D eigenvalue weighted by Crippen LogP contribution is -2.34. The molecule has 1 aliphatic carbocycles. The van der Waals surface area contributed by atoms with Crippen LogP contribution in [0, 0.1) is 11.7 Å². The molecule has 0 spiro atoms. The summed E-state index contributed by atoms with van der Waals surface area (Å²) in [7, 11) is 0. The summed E-state index contributed by atoms with van der Waals surface area (Å²) in [5.74, 6) is -0.0840. The lowest BCUT2D eigenvalue weighted by atomic mass is 10.1. The molecule has 0 heterocycles. The molecule has 19 heavy (non-hydrogen) atoms. The molecule has 1 amide bonds. The molecule has 1 unspecified atom stereocenters. The van der Waals surface area contributed by atoms with Crippen LogP contribution in [0.2, 0.25) is 0 Å². The fraction of sp³-hybridized carbons (Fsp3) is 0.500. The summed E-state index contributed by atoms with van der Waals surface area (Å²) in [5, 5.41) is 15.6. The van der Waals surface area contributed by atoms with E-state index < -0.39 is 11.9 Å². The molecule has 0 bridgehead atoms. The minimum Gasteiger partial charge on any atom is -0.387 e. The molecule has 5 heteroatoms. The summed E-state index contributed by atoms with van der Waals surface area (Å²) in [5.41, 5.74) is 0.289. The molecule has 1 aromatic rings. The maximum atomic E-state index is 13.4. The Bertz CT molecular complexity index is 435. The van der Waals surface area contributed by atoms with Gasteiger partial charge in [-0.2, -0.15) is 0 Å². The normalized spacial score (nSPS) is 16.1. The van der Waals surface area contributed by atoms with Crippen molar-refractivity contribution >= 4 is 5.91 Å². The number of hydrogen-bond donors (Lipinski definition) is 3. The number of amides is 1. The van der Waals surface area contributed by atoms with E-state index >= 15 is 0 Å². The Morgan fingerprint density at radius 2 is 2.11 bits per heavy atom. The van der Waals surface area contributed by atoms with E-state index in [9.17, 15) is 14.3 Å². The van der Waals surface area contributed by atoms with Crippen LogP contribution in [0.5, 0.6) is 0 Å². The molecule has 0 aromatic heterocycles. The second kappa shape index (κ2) is 6.63. The van der Waals surface area contributed by atoms with E-state index in [1.165, 1.54) is 6.07 Å². The van der Waals surface area contributed by atoms with Crippen molar-refractivity contribution in [3.8, 4) is 0 Å². The summed E-state index contributed by atoms with van der Waals surface area (Å²) in [6.07, 6.45) is 1.11. The monoisotopic (exact) mass is 266 g/mol. The topological polar surface area (TPSA) is 61.4 Å². The molecule has 3 N–H and O–H groups in total. The van der Waals surface area contributed by atoms with Crippen LogP contribution in [0.3, 0.4) is 0 Å². The number of halogens is 1. The molecule has 2 rings (SSSR count). The fourth-order valence-electron chi connectivity index (χ4n) is 1.86. The quantitative estimate of drug-likeness (QED) is 0.645. The number of aliphatic hydroxyl groups excluding tert-OH is 1. The Labute approximate surface area is 112 Å². The van der Waals surface area contributed by atoms with E-state index in [4.69, 9.17) is 0 Å². The highest BCUT2D eigenvalue weighted by molar-refractivity contribution is 5.80. The molecule has 0 saturated heterocycles. The Morgan fingerprint density at radius 1 is 1.37 bits per heavy atom. The molecule has 1 atom stereocenters. The number of rotatable bonds is 7. The molecule has 1 fully saturated rings. The summed E-state index contributed by atoms with van der Waals surface area (Å²) in [6, 6.07) is 6.18. The van der Waals surface area contributed by atoms with Gasteiger partial charge < -0.3 is 15.7 Å². The van der Waals surface area contributed by atoms with E-state index in [1.807, 2.05) is 0 Å². The summed E-state index contributed by atoms with van der Waals surface area (Å²) >= 11 is 0. The van der Waals surface area contributed by atoms with Gasteiger partial charge in [-0.05, 0) is 18.9 Å². The number of benzene rings is 1. The second-order valence-corrected chi connectivity index (χ2v) is 4.81. The zero-order chi connectivity index (χ0) is 13.7. The SMILES string of the molecule is O=C(NCCNCC(O)c1ccccc1F)C1CC1. The standard InChI is InChI=1S/C14H19FN2O2/c15-12-4-2-1-3-11(12)13(18)9-16-7-8-17-14(19)10-5-6-10/h1-4,10,13,16,18H,5-9H2,(H,17,19). The van der Waals surface area contributed by atoms with Crippen LogP contribution in [-0.4, -0.2) is 30.6 Å². The first-order chi connectivity index (χ1) is 9.18. The van der Waals surface area contributed by atoms with E-state index in [-0.39, 0.29) is 23.9 Å². The van der Waals surface area contributed by atoms with Gasteiger partial charge in [-0.1, -0.05) is 18.2 Å². The van der Waals surface area contributed by atoms with E-state index in [0.29, 0.717) is 13.1 Å². The smallest absolute Gasteiger partial charge is 0.223 e. The van der Waals surface area contributed by atoms with Crippen LogP contribution in [-0.2, 0) is 4.79 Å². The van der Waals surface area contributed by atoms with Gasteiger partial charge in [0, 0.05) is 31.1 Å². The number of nitrogens with one attached hydrogen (secondary N) is 2. The van der Waals surface area contributed by atoms with Crippen molar-refractivity contribution in [2.24, 2.45) is 5.92 Å². The van der Waals surface area contributed by atoms with Crippen molar-refractivity contribution in [2.75, 3.05) is 19.6 Å². The summed E-state index contributed by atoms with van der Waals surface area (Å²) < 4.78 is 13.4. The molecule has 0 radical (unpaired) electrons. The predicted molar refractivity (Wildman–Crippen MR) is 70.0 cm³/mol. The Balaban J connectivity index is 1.62. The van der Waals surface area contributed by atoms with Crippen molar-refractivity contribution in [2.45, 2.75) is 18.9 Å². The molecule has 1 saturated carbocycles. The minimum absolute atomic E-state index is 0.108. The molecule has 0 aliphatic heterocycles. The first kappa shape index (κ1) is 14.0.